The number of hydrogen-bond acceptors (Lipinski definition) is 5. The van der Waals surface area contributed by atoms with Gasteiger partial charge in [0, 0.05) is 36.9 Å². The first-order chi connectivity index (χ1) is 11.6. The predicted molar refractivity (Wildman–Crippen MR) is 103 cm³/mol. The molecule has 0 aromatic heterocycles. The lowest BCUT2D eigenvalue weighted by Crippen LogP contribution is -2.32. The monoisotopic (exact) mass is 384 g/mol. The summed E-state index contributed by atoms with van der Waals surface area (Å²) in [5.74, 6) is 0.112. The van der Waals surface area contributed by atoms with E-state index in [0.29, 0.717) is 17.3 Å². The second kappa shape index (κ2) is 7.87. The molecule has 1 aliphatic rings. The SMILES string of the molecule is CN(C)c1ccc(C2SCC(=O)N2CCC(=O)OC(C)(C)C)c(Cl)c1. The minimum absolute atomic E-state index is 0.0197. The van der Waals surface area contributed by atoms with E-state index in [0.717, 1.165) is 11.3 Å². The molecular formula is C18H25ClN2O3S. The maximum absolute atomic E-state index is 12.2. The maximum Gasteiger partial charge on any atom is 0.308 e. The third-order valence-corrected chi connectivity index (χ3v) is 5.28. The van der Waals surface area contributed by atoms with Crippen LogP contribution in [0.15, 0.2) is 18.2 Å². The highest BCUT2D eigenvalue weighted by Gasteiger charge is 2.34. The molecule has 1 heterocycles. The van der Waals surface area contributed by atoms with Crippen LogP contribution < -0.4 is 4.90 Å². The Morgan fingerprint density at radius 3 is 2.64 bits per heavy atom. The van der Waals surface area contributed by atoms with Crippen molar-refractivity contribution in [1.29, 1.82) is 0 Å². The predicted octanol–water partition coefficient (Wildman–Crippen LogP) is 3.71. The van der Waals surface area contributed by atoms with Gasteiger partial charge in [-0.05, 0) is 32.9 Å². The number of anilines is 1. The van der Waals surface area contributed by atoms with Gasteiger partial charge in [0.1, 0.15) is 11.0 Å². The van der Waals surface area contributed by atoms with Gasteiger partial charge in [0.15, 0.2) is 0 Å². The molecule has 1 unspecified atom stereocenters. The number of esters is 1. The first-order valence-electron chi connectivity index (χ1n) is 8.18. The van der Waals surface area contributed by atoms with E-state index in [9.17, 15) is 9.59 Å². The average Bonchev–Trinajstić information content (AvgIpc) is 2.84. The summed E-state index contributed by atoms with van der Waals surface area (Å²) >= 11 is 7.98. The zero-order valence-electron chi connectivity index (χ0n) is 15.3. The molecule has 1 amide bonds. The summed E-state index contributed by atoms with van der Waals surface area (Å²) in [4.78, 5) is 27.9. The lowest BCUT2D eigenvalue weighted by molar-refractivity contribution is -0.155. The van der Waals surface area contributed by atoms with Crippen molar-refractivity contribution in [2.24, 2.45) is 0 Å². The molecule has 5 nitrogen and oxygen atoms in total. The highest BCUT2D eigenvalue weighted by Crippen LogP contribution is 2.42. The van der Waals surface area contributed by atoms with E-state index < -0.39 is 5.60 Å². The van der Waals surface area contributed by atoms with E-state index in [-0.39, 0.29) is 23.7 Å². The van der Waals surface area contributed by atoms with Crippen LogP contribution in [0.25, 0.3) is 0 Å². The molecule has 1 aromatic rings. The Balaban J connectivity index is 2.10. The van der Waals surface area contributed by atoms with Crippen LogP contribution in [-0.2, 0) is 14.3 Å². The van der Waals surface area contributed by atoms with E-state index in [2.05, 4.69) is 0 Å². The van der Waals surface area contributed by atoms with Crippen LogP contribution in [0.5, 0.6) is 0 Å². The maximum atomic E-state index is 12.2. The van der Waals surface area contributed by atoms with Crippen LogP contribution in [0.1, 0.15) is 38.1 Å². The fourth-order valence-electron chi connectivity index (χ4n) is 2.55. The lowest BCUT2D eigenvalue weighted by atomic mass is 10.1. The number of ether oxygens (including phenoxy) is 1. The summed E-state index contributed by atoms with van der Waals surface area (Å²) in [5, 5.41) is 0.458. The lowest BCUT2D eigenvalue weighted by Gasteiger charge is -2.26. The molecule has 0 radical (unpaired) electrons. The van der Waals surface area contributed by atoms with Gasteiger partial charge in [-0.1, -0.05) is 17.7 Å². The molecule has 2 rings (SSSR count). The minimum Gasteiger partial charge on any atom is -0.460 e. The first kappa shape index (κ1) is 19.9. The molecule has 0 bridgehead atoms. The number of carbonyl (C=O) groups is 2. The number of benzene rings is 1. The molecule has 1 atom stereocenters. The fourth-order valence-corrected chi connectivity index (χ4v) is 4.15. The van der Waals surface area contributed by atoms with Crippen LogP contribution >= 0.6 is 23.4 Å². The Kier molecular flexibility index (Phi) is 6.27. The van der Waals surface area contributed by atoms with Gasteiger partial charge in [-0.15, -0.1) is 11.8 Å². The molecule has 0 saturated carbocycles. The number of nitrogens with zero attached hydrogens (tertiary/aromatic N) is 2. The van der Waals surface area contributed by atoms with Crippen molar-refractivity contribution in [2.45, 2.75) is 38.2 Å². The minimum atomic E-state index is -0.522. The molecule has 25 heavy (non-hydrogen) atoms. The van der Waals surface area contributed by atoms with E-state index in [1.807, 2.05) is 58.0 Å². The van der Waals surface area contributed by atoms with Gasteiger partial charge in [-0.25, -0.2) is 0 Å². The summed E-state index contributed by atoms with van der Waals surface area (Å²) < 4.78 is 5.32. The van der Waals surface area contributed by atoms with Gasteiger partial charge in [-0.2, -0.15) is 0 Å². The summed E-state index contributed by atoms with van der Waals surface area (Å²) in [6.45, 7) is 5.82. The summed E-state index contributed by atoms with van der Waals surface area (Å²) in [7, 11) is 3.90. The molecular weight excluding hydrogens is 360 g/mol. The second-order valence-electron chi connectivity index (χ2n) is 7.19. The zero-order chi connectivity index (χ0) is 18.8. The number of amides is 1. The van der Waals surface area contributed by atoms with E-state index in [4.69, 9.17) is 16.3 Å². The molecule has 1 aromatic carbocycles. The van der Waals surface area contributed by atoms with Crippen LogP contribution in [0, 0.1) is 0 Å². The second-order valence-corrected chi connectivity index (χ2v) is 8.66. The molecule has 1 fully saturated rings. The van der Waals surface area contributed by atoms with E-state index in [1.165, 1.54) is 11.8 Å². The number of halogens is 1. The Labute approximate surface area is 158 Å². The van der Waals surface area contributed by atoms with Crippen LogP contribution in [0.3, 0.4) is 0 Å². The number of hydrogen-bond donors (Lipinski definition) is 0. The van der Waals surface area contributed by atoms with Crippen molar-refractivity contribution in [2.75, 3.05) is 31.3 Å². The smallest absolute Gasteiger partial charge is 0.308 e. The summed E-state index contributed by atoms with van der Waals surface area (Å²) in [5.41, 5.74) is 1.38. The van der Waals surface area contributed by atoms with Crippen LogP contribution in [0.4, 0.5) is 5.69 Å². The van der Waals surface area contributed by atoms with Gasteiger partial charge in [0.05, 0.1) is 12.2 Å². The normalized spacial score (nSPS) is 17.8. The average molecular weight is 385 g/mol. The standard InChI is InChI=1S/C18H25ClN2O3S/c1-18(2,3)24-16(23)8-9-21-15(22)11-25-17(21)13-7-6-12(20(4)5)10-14(13)19/h6-7,10,17H,8-9,11H2,1-5H3. The first-order valence-corrected chi connectivity index (χ1v) is 9.61. The Bertz CT molecular complexity index is 658. The topological polar surface area (TPSA) is 49.9 Å². The van der Waals surface area contributed by atoms with Crippen molar-refractivity contribution < 1.29 is 14.3 Å². The van der Waals surface area contributed by atoms with Crippen molar-refractivity contribution in [1.82, 2.24) is 4.90 Å². The molecule has 7 heteroatoms. The largest absolute Gasteiger partial charge is 0.460 e. The Morgan fingerprint density at radius 1 is 1.40 bits per heavy atom. The van der Waals surface area contributed by atoms with Gasteiger partial charge < -0.3 is 14.5 Å². The van der Waals surface area contributed by atoms with Crippen molar-refractivity contribution >= 4 is 40.9 Å². The van der Waals surface area contributed by atoms with Gasteiger partial charge in [0.25, 0.3) is 0 Å². The molecule has 0 aliphatic carbocycles. The number of carbonyl (C=O) groups excluding carboxylic acids is 2. The quantitative estimate of drug-likeness (QED) is 0.724. The zero-order valence-corrected chi connectivity index (χ0v) is 16.9. The van der Waals surface area contributed by atoms with Crippen LogP contribution in [-0.4, -0.2) is 48.8 Å². The summed E-state index contributed by atoms with van der Waals surface area (Å²) in [6.07, 6.45) is 0.174. The molecule has 1 aliphatic heterocycles. The highest BCUT2D eigenvalue weighted by atomic mass is 35.5. The van der Waals surface area contributed by atoms with Gasteiger partial charge in [0.2, 0.25) is 5.91 Å². The molecule has 138 valence electrons. The van der Waals surface area contributed by atoms with E-state index in [1.54, 1.807) is 4.90 Å². The number of rotatable bonds is 5. The van der Waals surface area contributed by atoms with Crippen LogP contribution in [0.2, 0.25) is 5.02 Å². The van der Waals surface area contributed by atoms with Crippen molar-refractivity contribution in [3.05, 3.63) is 28.8 Å². The number of thioether (sulfide) groups is 1. The van der Waals surface area contributed by atoms with Gasteiger partial charge >= 0.3 is 5.97 Å². The summed E-state index contributed by atoms with van der Waals surface area (Å²) in [6, 6.07) is 5.83. The van der Waals surface area contributed by atoms with Crippen molar-refractivity contribution in [3.63, 3.8) is 0 Å². The molecule has 0 spiro atoms. The molecule has 1 saturated heterocycles. The Morgan fingerprint density at radius 2 is 2.08 bits per heavy atom. The van der Waals surface area contributed by atoms with E-state index >= 15 is 0 Å². The third-order valence-electron chi connectivity index (χ3n) is 3.71. The highest BCUT2D eigenvalue weighted by molar-refractivity contribution is 8.00. The fraction of sp³-hybridized carbons (Fsp3) is 0.556. The third kappa shape index (κ3) is 5.28. The Hall–Kier alpha value is -1.40. The molecule has 0 N–H and O–H groups in total. The van der Waals surface area contributed by atoms with Crippen molar-refractivity contribution in [3.8, 4) is 0 Å². The van der Waals surface area contributed by atoms with Gasteiger partial charge in [-0.3, -0.25) is 9.59 Å².